The van der Waals surface area contributed by atoms with Gasteiger partial charge in [0.25, 0.3) is 0 Å². The number of hydrogen-bond donors (Lipinski definition) is 1. The van der Waals surface area contributed by atoms with Crippen molar-refractivity contribution in [3.05, 3.63) is 29.8 Å². The number of phenolic OH excluding ortho intramolecular Hbond substituents is 1. The van der Waals surface area contributed by atoms with Crippen molar-refractivity contribution < 1.29 is 5.11 Å². The smallest absolute Gasteiger partial charge is 0.115 e. The Balaban J connectivity index is 2.34. The van der Waals surface area contributed by atoms with Crippen LogP contribution in [0, 0.1) is 5.41 Å². The molecular formula is C15H23OP. The predicted molar refractivity (Wildman–Crippen MR) is 76.3 cm³/mol. The molecule has 2 heteroatoms. The Hall–Kier alpha value is -0.550. The fourth-order valence-electron chi connectivity index (χ4n) is 2.84. The first-order valence-corrected chi connectivity index (χ1v) is 7.25. The van der Waals surface area contributed by atoms with E-state index in [4.69, 9.17) is 0 Å². The minimum absolute atomic E-state index is 0.332. The summed E-state index contributed by atoms with van der Waals surface area (Å²) < 4.78 is 0. The van der Waals surface area contributed by atoms with Gasteiger partial charge in [0.1, 0.15) is 5.75 Å². The Morgan fingerprint density at radius 3 is 1.94 bits per heavy atom. The fourth-order valence-corrected chi connectivity index (χ4v) is 5.01. The molecule has 2 unspecified atom stereocenters. The molecule has 0 bridgehead atoms. The third-order valence-electron chi connectivity index (χ3n) is 3.69. The van der Waals surface area contributed by atoms with Gasteiger partial charge in [-0.1, -0.05) is 46.8 Å². The maximum absolute atomic E-state index is 9.41. The Morgan fingerprint density at radius 1 is 1.12 bits per heavy atom. The van der Waals surface area contributed by atoms with E-state index in [1.54, 1.807) is 0 Å². The van der Waals surface area contributed by atoms with Crippen LogP contribution in [0.5, 0.6) is 5.75 Å². The highest BCUT2D eigenvalue weighted by Gasteiger charge is 2.62. The van der Waals surface area contributed by atoms with Crippen LogP contribution in [-0.4, -0.2) is 10.3 Å². The van der Waals surface area contributed by atoms with Crippen molar-refractivity contribution >= 4 is 8.58 Å². The van der Waals surface area contributed by atoms with Gasteiger partial charge in [0.05, 0.1) is 0 Å². The molecule has 2 atom stereocenters. The molecule has 2 rings (SSSR count). The SMILES string of the molecule is CC(C)(C)CC1(c2ccc(O)cc2)PC1(C)C. The van der Waals surface area contributed by atoms with Crippen molar-refractivity contribution in [2.24, 2.45) is 5.41 Å². The molecule has 0 radical (unpaired) electrons. The molecule has 94 valence electrons. The van der Waals surface area contributed by atoms with E-state index in [2.05, 4.69) is 46.8 Å². The molecule has 1 heterocycles. The Kier molecular flexibility index (Phi) is 2.82. The van der Waals surface area contributed by atoms with E-state index < -0.39 is 0 Å². The third-order valence-corrected chi connectivity index (χ3v) is 6.00. The van der Waals surface area contributed by atoms with E-state index in [0.29, 0.717) is 21.5 Å². The summed E-state index contributed by atoms with van der Waals surface area (Å²) in [6, 6.07) is 7.84. The predicted octanol–water partition coefficient (Wildman–Crippen LogP) is 4.49. The average molecular weight is 250 g/mol. The standard InChI is InChI=1S/C15H23OP/c1-13(2,3)10-15(14(4,5)17-15)11-6-8-12(16)9-7-11/h6-9,16-17H,10H2,1-5H3. The molecule has 1 aromatic carbocycles. The first-order valence-electron chi connectivity index (χ1n) is 6.25. The molecule has 1 fully saturated rings. The largest absolute Gasteiger partial charge is 0.508 e. The maximum atomic E-state index is 9.41. The van der Waals surface area contributed by atoms with Crippen LogP contribution in [-0.2, 0) is 5.16 Å². The molecule has 1 aliphatic heterocycles. The molecule has 1 N–H and O–H groups in total. The van der Waals surface area contributed by atoms with Crippen LogP contribution in [0.25, 0.3) is 0 Å². The van der Waals surface area contributed by atoms with Gasteiger partial charge in [0, 0.05) is 5.16 Å². The van der Waals surface area contributed by atoms with Crippen LogP contribution in [0.2, 0.25) is 0 Å². The van der Waals surface area contributed by atoms with E-state index in [1.807, 2.05) is 12.1 Å². The van der Waals surface area contributed by atoms with E-state index in [1.165, 1.54) is 12.0 Å². The molecule has 1 aromatic rings. The van der Waals surface area contributed by atoms with Gasteiger partial charge in [-0.15, -0.1) is 8.58 Å². The highest BCUT2D eigenvalue weighted by atomic mass is 31.1. The summed E-state index contributed by atoms with van der Waals surface area (Å²) in [5.41, 5.74) is 1.74. The summed E-state index contributed by atoms with van der Waals surface area (Å²) in [4.78, 5) is 0. The van der Waals surface area contributed by atoms with Crippen LogP contribution in [0.3, 0.4) is 0 Å². The summed E-state index contributed by atoms with van der Waals surface area (Å²) in [6.07, 6.45) is 1.22. The zero-order chi connectivity index (χ0) is 12.9. The Morgan fingerprint density at radius 2 is 1.59 bits per heavy atom. The summed E-state index contributed by atoms with van der Waals surface area (Å²) in [6.45, 7) is 11.7. The molecule has 0 amide bonds. The van der Waals surface area contributed by atoms with Crippen molar-refractivity contribution in [1.29, 1.82) is 0 Å². The van der Waals surface area contributed by atoms with Gasteiger partial charge < -0.3 is 5.11 Å². The van der Waals surface area contributed by atoms with Gasteiger partial charge in [0.15, 0.2) is 0 Å². The lowest BCUT2D eigenvalue weighted by Gasteiger charge is -2.29. The van der Waals surface area contributed by atoms with Crippen molar-refractivity contribution in [2.45, 2.75) is 51.4 Å². The number of rotatable bonds is 2. The number of phenols is 1. The monoisotopic (exact) mass is 250 g/mol. The Labute approximate surface area is 106 Å². The molecule has 0 spiro atoms. The van der Waals surface area contributed by atoms with Gasteiger partial charge in [-0.3, -0.25) is 0 Å². The number of benzene rings is 1. The highest BCUT2D eigenvalue weighted by molar-refractivity contribution is 7.51. The quantitative estimate of drug-likeness (QED) is 0.766. The molecule has 1 saturated heterocycles. The second-order valence-electron chi connectivity index (χ2n) is 6.94. The molecular weight excluding hydrogens is 227 g/mol. The summed E-state index contributed by atoms with van der Waals surface area (Å²) in [7, 11) is 0.988. The van der Waals surface area contributed by atoms with Crippen LogP contribution in [0.4, 0.5) is 0 Å². The number of aromatic hydroxyl groups is 1. The van der Waals surface area contributed by atoms with Gasteiger partial charge in [-0.2, -0.15) is 0 Å². The topological polar surface area (TPSA) is 20.2 Å². The third kappa shape index (κ3) is 2.36. The molecule has 1 aliphatic rings. The molecule has 0 aromatic heterocycles. The van der Waals surface area contributed by atoms with Crippen molar-refractivity contribution in [1.82, 2.24) is 0 Å². The highest BCUT2D eigenvalue weighted by Crippen LogP contribution is 2.78. The maximum Gasteiger partial charge on any atom is 0.115 e. The van der Waals surface area contributed by atoms with Gasteiger partial charge >= 0.3 is 0 Å². The first-order chi connectivity index (χ1) is 7.66. The van der Waals surface area contributed by atoms with E-state index in [9.17, 15) is 5.11 Å². The lowest BCUT2D eigenvalue weighted by molar-refractivity contribution is 0.320. The molecule has 1 nitrogen and oxygen atoms in total. The summed E-state index contributed by atoms with van der Waals surface area (Å²) >= 11 is 0. The number of hydrogen-bond acceptors (Lipinski definition) is 1. The second kappa shape index (κ2) is 3.72. The van der Waals surface area contributed by atoms with Crippen LogP contribution in [0.1, 0.15) is 46.6 Å². The zero-order valence-electron chi connectivity index (χ0n) is 11.5. The fraction of sp³-hybridized carbons (Fsp3) is 0.600. The molecule has 17 heavy (non-hydrogen) atoms. The zero-order valence-corrected chi connectivity index (χ0v) is 12.5. The normalized spacial score (nSPS) is 28.3. The molecule has 0 saturated carbocycles. The lowest BCUT2D eigenvalue weighted by atomic mass is 9.76. The average Bonchev–Trinajstić information content (AvgIpc) is 2.66. The lowest BCUT2D eigenvalue weighted by Crippen LogP contribution is -2.24. The van der Waals surface area contributed by atoms with Crippen molar-refractivity contribution in [2.75, 3.05) is 0 Å². The van der Waals surface area contributed by atoms with Crippen molar-refractivity contribution in [3.8, 4) is 5.75 Å². The van der Waals surface area contributed by atoms with Gasteiger partial charge in [0.2, 0.25) is 0 Å². The van der Waals surface area contributed by atoms with E-state index in [0.717, 1.165) is 8.58 Å². The molecule has 0 aliphatic carbocycles. The minimum atomic E-state index is 0.332. The van der Waals surface area contributed by atoms with E-state index in [-0.39, 0.29) is 0 Å². The minimum Gasteiger partial charge on any atom is -0.508 e. The van der Waals surface area contributed by atoms with Crippen molar-refractivity contribution in [3.63, 3.8) is 0 Å². The van der Waals surface area contributed by atoms with Crippen LogP contribution >= 0.6 is 8.58 Å². The second-order valence-corrected chi connectivity index (χ2v) is 9.29. The summed E-state index contributed by atoms with van der Waals surface area (Å²) in [5, 5.41) is 10.2. The summed E-state index contributed by atoms with van der Waals surface area (Å²) in [5.74, 6) is 0.362. The van der Waals surface area contributed by atoms with Gasteiger partial charge in [-0.05, 0) is 34.7 Å². The van der Waals surface area contributed by atoms with Crippen LogP contribution < -0.4 is 0 Å². The van der Waals surface area contributed by atoms with Gasteiger partial charge in [-0.25, -0.2) is 0 Å². The Bertz CT molecular complexity index is 414. The van der Waals surface area contributed by atoms with E-state index >= 15 is 0 Å². The van der Waals surface area contributed by atoms with Crippen LogP contribution in [0.15, 0.2) is 24.3 Å². The first kappa shape index (κ1) is 12.9.